The number of unbranched alkanes of at least 4 members (excludes halogenated alkanes) is 4. The second-order valence-electron chi connectivity index (χ2n) is 31.8. The van der Waals surface area contributed by atoms with Gasteiger partial charge in [0.2, 0.25) is 23.6 Å². The van der Waals surface area contributed by atoms with Crippen LogP contribution in [0.4, 0.5) is 24.5 Å². The van der Waals surface area contributed by atoms with Crippen LogP contribution in [-0.4, -0.2) is 184 Å². The van der Waals surface area contributed by atoms with E-state index in [0.29, 0.717) is 88.3 Å². The number of thioether (sulfide) groups is 1. The number of likely N-dealkylation sites (tertiary alicyclic amines) is 3. The first-order valence-electron chi connectivity index (χ1n) is 37.8. The molecule has 5 aliphatic rings. The van der Waals surface area contributed by atoms with Crippen molar-refractivity contribution in [3.8, 4) is 10.4 Å². The number of fused-ring (bicyclic) bond motifs is 1. The molecule has 1 aromatic heterocycles. The van der Waals surface area contributed by atoms with Crippen molar-refractivity contribution >= 4 is 101 Å². The number of carbonyl (C=O) groups is 5. The summed E-state index contributed by atoms with van der Waals surface area (Å²) in [6.07, 6.45) is 6.76. The Morgan fingerprint density at radius 3 is 2.06 bits per heavy atom. The van der Waals surface area contributed by atoms with E-state index in [-0.39, 0.29) is 66.0 Å². The van der Waals surface area contributed by atoms with Crippen molar-refractivity contribution < 1.29 is 59.1 Å². The first-order chi connectivity index (χ1) is 51.7. The summed E-state index contributed by atoms with van der Waals surface area (Å²) < 4.78 is 101. The third-order valence-corrected chi connectivity index (χ3v) is 27.1. The molecular formula is C81H102ClF3N10O10S4. The number of nitrogens with one attached hydrogen (secondary N) is 4. The number of amides is 5. The van der Waals surface area contributed by atoms with Crippen LogP contribution in [-0.2, 0) is 39.0 Å². The molecule has 0 saturated carbocycles. The molecule has 28 heteroatoms. The maximum atomic E-state index is 14.6. The number of carbonyl (C=O) groups excluding carboxylic acids is 5. The summed E-state index contributed by atoms with van der Waals surface area (Å²) in [5.41, 5.74) is 2.68. The third-order valence-electron chi connectivity index (χ3n) is 21.8. The minimum atomic E-state index is -6.17. The minimum Gasteiger partial charge on any atom is -0.391 e. The Balaban J connectivity index is 0.624. The number of sulfonamides is 1. The van der Waals surface area contributed by atoms with Gasteiger partial charge >= 0.3 is 5.51 Å². The van der Waals surface area contributed by atoms with Gasteiger partial charge in [-0.3, -0.25) is 28.9 Å². The molecule has 7 atom stereocenters. The summed E-state index contributed by atoms with van der Waals surface area (Å²) in [6, 6.07) is 31.2. The van der Waals surface area contributed by atoms with Crippen LogP contribution in [0, 0.1) is 29.6 Å². The van der Waals surface area contributed by atoms with Gasteiger partial charge in [-0.25, -0.2) is 26.5 Å². The van der Waals surface area contributed by atoms with Gasteiger partial charge in [0.05, 0.1) is 38.8 Å². The number of alkyl halides is 3. The zero-order valence-corrected chi connectivity index (χ0v) is 67.1. The molecule has 0 bridgehead atoms. The lowest BCUT2D eigenvalue weighted by Crippen LogP contribution is -2.57. The monoisotopic (exact) mass is 1590 g/mol. The van der Waals surface area contributed by atoms with E-state index in [9.17, 15) is 59.1 Å². The molecule has 11 rings (SSSR count). The number of benzene rings is 5. The summed E-state index contributed by atoms with van der Waals surface area (Å²) in [5, 5.41) is 20.5. The second kappa shape index (κ2) is 35.5. The van der Waals surface area contributed by atoms with Crippen molar-refractivity contribution in [1.29, 1.82) is 0 Å². The van der Waals surface area contributed by atoms with Crippen molar-refractivity contribution in [1.82, 2.24) is 39.9 Å². The molecule has 20 nitrogen and oxygen atoms in total. The molecule has 109 heavy (non-hydrogen) atoms. The Bertz CT molecular complexity index is 4450. The lowest BCUT2D eigenvalue weighted by atomic mass is 9.73. The number of aliphatic hydroxyl groups excluding tert-OH is 1. The number of hydrogen-bond donors (Lipinski definition) is 5. The van der Waals surface area contributed by atoms with E-state index < -0.39 is 82.3 Å². The van der Waals surface area contributed by atoms with Crippen LogP contribution in [0.5, 0.6) is 0 Å². The number of thiazole rings is 1. The van der Waals surface area contributed by atoms with E-state index >= 15 is 0 Å². The van der Waals surface area contributed by atoms with Gasteiger partial charge in [-0.05, 0) is 164 Å². The van der Waals surface area contributed by atoms with Gasteiger partial charge in [-0.2, -0.15) is 13.2 Å². The molecule has 5 aromatic carbocycles. The summed E-state index contributed by atoms with van der Waals surface area (Å²) >= 11 is 9.21. The van der Waals surface area contributed by atoms with E-state index in [1.807, 2.05) is 111 Å². The highest BCUT2D eigenvalue weighted by molar-refractivity contribution is 7.99. The summed E-state index contributed by atoms with van der Waals surface area (Å²) in [6.45, 7) is 20.8. The summed E-state index contributed by atoms with van der Waals surface area (Å²) in [7, 11) is -11.1. The number of aliphatic hydroxyl groups is 1. The Morgan fingerprint density at radius 2 is 1.42 bits per heavy atom. The molecule has 4 fully saturated rings. The van der Waals surface area contributed by atoms with Crippen LogP contribution < -0.4 is 25.6 Å². The largest absolute Gasteiger partial charge is 0.501 e. The minimum absolute atomic E-state index is 0.0312. The SMILES string of the molecule is Cc1ncsc1-c1ccc([C@H](C)NC(=O)[C@@H]2C[C@@H](O)CN2C(=O)C(NC(=O)CCCCCCCC(=O)N2CC3CN(CCC(CSc4ccccc4)Nc4ccc(S(=O)(=O)NC(=O)c5ccc(N6CCN(CC7=C(c8ccc(Cl)cc8)CCC(C)(C)C7)CC6)cc5)cc4S(=O)(=O)C(F)(F)F)CC3C2)C(C)(C)C)cc1. The lowest BCUT2D eigenvalue weighted by molar-refractivity contribution is -0.144. The molecule has 5 N–H and O–H groups in total. The Morgan fingerprint density at radius 1 is 0.771 bits per heavy atom. The number of nitrogens with zero attached hydrogens (tertiary/aromatic N) is 6. The fourth-order valence-electron chi connectivity index (χ4n) is 15.6. The zero-order valence-electron chi connectivity index (χ0n) is 63.1. The number of β-amino-alcohol motifs (C(OH)–C–C–N with tert-alkyl or cyclic N) is 1. The highest BCUT2D eigenvalue weighted by Crippen LogP contribution is 2.44. The van der Waals surface area contributed by atoms with Crippen LogP contribution in [0.1, 0.15) is 152 Å². The summed E-state index contributed by atoms with van der Waals surface area (Å²) in [5.74, 6) is -1.39. The Hall–Kier alpha value is -7.37. The van der Waals surface area contributed by atoms with Gasteiger partial charge < -0.3 is 40.7 Å². The predicted molar refractivity (Wildman–Crippen MR) is 423 cm³/mol. The van der Waals surface area contributed by atoms with Crippen LogP contribution in [0.3, 0.4) is 0 Å². The van der Waals surface area contributed by atoms with Crippen LogP contribution >= 0.6 is 34.7 Å². The summed E-state index contributed by atoms with van der Waals surface area (Å²) in [4.78, 5) is 83.1. The molecule has 4 saturated heterocycles. The normalized spacial score (nSPS) is 20.2. The van der Waals surface area contributed by atoms with Crippen molar-refractivity contribution in [2.75, 3.05) is 88.0 Å². The fraction of sp³-hybridized carbons (Fsp3) is 0.506. The Labute approximate surface area is 652 Å². The lowest BCUT2D eigenvalue weighted by Gasteiger charge is -2.39. The average Bonchev–Trinajstić information content (AvgIpc) is 1.69. The average molecular weight is 1600 g/mol. The van der Waals surface area contributed by atoms with E-state index in [2.05, 4.69) is 61.6 Å². The number of halogens is 4. The zero-order chi connectivity index (χ0) is 78.2. The Kier molecular flexibility index (Phi) is 26.9. The number of piperazine rings is 1. The quantitative estimate of drug-likeness (QED) is 0.0208. The highest BCUT2D eigenvalue weighted by atomic mass is 35.5. The number of aromatic nitrogens is 1. The molecule has 1 aliphatic carbocycles. The van der Waals surface area contributed by atoms with Crippen molar-refractivity contribution in [3.05, 3.63) is 160 Å². The number of allylic oxidation sites excluding steroid dienone is 1. The molecule has 5 amide bonds. The smallest absolute Gasteiger partial charge is 0.391 e. The van der Waals surface area contributed by atoms with Crippen molar-refractivity contribution in [2.45, 2.75) is 176 Å². The predicted octanol–water partition coefficient (Wildman–Crippen LogP) is 13.4. The van der Waals surface area contributed by atoms with E-state index in [1.165, 1.54) is 45.5 Å². The third kappa shape index (κ3) is 21.3. The molecule has 0 spiro atoms. The topological polar surface area (TPSA) is 251 Å². The van der Waals surface area contributed by atoms with Crippen LogP contribution in [0.25, 0.3) is 16.0 Å². The molecule has 6 aromatic rings. The standard InChI is InChI=1S/C81H102ClF3N10O10S4/c1-53(55-20-22-57(23-21-55)74-54(2)86-52-107-74)87-77(100)70-42-65(96)50-95(70)78(101)75(79(3,4)5)89-72(97)18-14-9-8-10-15-19-73(98)94-48-60-46-92(47-61(60)49-94)37-35-63(51-106-66-16-12-11-13-17-66)88-69-33-32-67(43-71(69)108(102,103)81(83,84)85)109(104,105)90-76(99)58-26-30-64(31-27-58)93-40-38-91(39-41-93)45-59-44-80(6,7)36-34-68(59)56-24-28-62(82)29-25-56/h11-13,16-17,20-33,43,52-53,60-61,63,65,70,75,88,96H,8-10,14-15,18-19,34-42,44-51H2,1-7H3,(H,87,100)(H,89,97)(H,90,99)/t53-,60?,61?,63?,65+,70-,75?/m0/s1. The van der Waals surface area contributed by atoms with E-state index in [0.717, 1.165) is 103 Å². The van der Waals surface area contributed by atoms with Gasteiger partial charge in [0.25, 0.3) is 25.8 Å². The molecular weight excluding hydrogens is 1490 g/mol. The van der Waals surface area contributed by atoms with Gasteiger partial charge in [0.1, 0.15) is 17.0 Å². The van der Waals surface area contributed by atoms with E-state index in [1.54, 1.807) is 29.0 Å². The van der Waals surface area contributed by atoms with Gasteiger partial charge in [0, 0.05) is 124 Å². The van der Waals surface area contributed by atoms with Crippen molar-refractivity contribution in [3.63, 3.8) is 0 Å². The second-order valence-corrected chi connectivity index (χ2v) is 37.7. The number of aryl methyl sites for hydroxylation is 1. The molecule has 4 unspecified atom stereocenters. The number of rotatable bonds is 30. The fourth-order valence-corrected chi connectivity index (χ4v) is 19.6. The van der Waals surface area contributed by atoms with Crippen LogP contribution in [0.15, 0.2) is 147 Å². The molecule has 588 valence electrons. The number of hydrogen-bond acceptors (Lipinski definition) is 17. The van der Waals surface area contributed by atoms with Gasteiger partial charge in [-0.15, -0.1) is 23.1 Å². The first-order valence-corrected chi connectivity index (χ1v) is 43.0. The van der Waals surface area contributed by atoms with Gasteiger partial charge in [-0.1, -0.05) is 126 Å². The molecule has 0 radical (unpaired) electrons. The molecule has 4 aliphatic heterocycles. The van der Waals surface area contributed by atoms with Crippen molar-refractivity contribution in [2.24, 2.45) is 22.7 Å². The maximum Gasteiger partial charge on any atom is 0.501 e. The van der Waals surface area contributed by atoms with Gasteiger partial charge in [0.15, 0.2) is 0 Å². The highest BCUT2D eigenvalue weighted by Gasteiger charge is 2.50. The van der Waals surface area contributed by atoms with Crippen LogP contribution in [0.2, 0.25) is 5.02 Å². The number of sulfone groups is 1. The molecule has 5 heterocycles. The number of anilines is 2. The first kappa shape index (κ1) is 82.6. The maximum absolute atomic E-state index is 14.6. The van der Waals surface area contributed by atoms with E-state index in [4.69, 9.17) is 11.6 Å².